The van der Waals surface area contributed by atoms with Gasteiger partial charge in [-0.3, -0.25) is 9.59 Å². The standard InChI is InChI=1S/C30H26N2O3/c1-17-7-10-19(11-8-17)20-14-25-28(26(33)15-20)29(32-24-6-4-3-5-23(24)31-25)22-16-35-27-12-9-18(2)13-21(27)30(22)34/h3-13,16,20,29,31-32H,14-15H2,1-2H3/t20-,29-/m0/s1. The maximum atomic E-state index is 13.7. The van der Waals surface area contributed by atoms with Crippen LogP contribution in [0.1, 0.15) is 47.1 Å². The summed E-state index contributed by atoms with van der Waals surface area (Å²) in [5.41, 5.74) is 7.40. The normalized spacial score (nSPS) is 19.4. The number of Topliss-reactive ketones (excluding diaryl/α,β-unsaturated/α-hetero) is 1. The fourth-order valence-electron chi connectivity index (χ4n) is 5.26. The first-order chi connectivity index (χ1) is 17.0. The molecule has 0 saturated carbocycles. The van der Waals surface area contributed by atoms with Crippen LogP contribution in [0.4, 0.5) is 11.4 Å². The molecule has 35 heavy (non-hydrogen) atoms. The number of carbonyl (C=O) groups is 1. The van der Waals surface area contributed by atoms with E-state index < -0.39 is 6.04 Å². The highest BCUT2D eigenvalue weighted by molar-refractivity contribution is 6.01. The van der Waals surface area contributed by atoms with Crippen LogP contribution in [0.25, 0.3) is 11.0 Å². The van der Waals surface area contributed by atoms with E-state index in [1.54, 1.807) is 0 Å². The number of benzene rings is 3. The molecule has 0 spiro atoms. The zero-order valence-electron chi connectivity index (χ0n) is 19.7. The summed E-state index contributed by atoms with van der Waals surface area (Å²) in [5.74, 6) is 0.120. The lowest BCUT2D eigenvalue weighted by Crippen LogP contribution is -2.29. The molecule has 2 atom stereocenters. The number of para-hydroxylation sites is 2. The van der Waals surface area contributed by atoms with Crippen LogP contribution in [0.2, 0.25) is 0 Å². The topological polar surface area (TPSA) is 71.3 Å². The molecule has 0 radical (unpaired) electrons. The highest BCUT2D eigenvalue weighted by atomic mass is 16.3. The van der Waals surface area contributed by atoms with Gasteiger partial charge in [-0.1, -0.05) is 53.6 Å². The summed E-state index contributed by atoms with van der Waals surface area (Å²) >= 11 is 0. The number of hydrogen-bond acceptors (Lipinski definition) is 5. The highest BCUT2D eigenvalue weighted by Gasteiger charge is 2.37. The molecule has 1 aromatic heterocycles. The van der Waals surface area contributed by atoms with Crippen molar-refractivity contribution in [2.45, 2.75) is 38.6 Å². The number of anilines is 2. The van der Waals surface area contributed by atoms with Gasteiger partial charge >= 0.3 is 0 Å². The number of aryl methyl sites for hydroxylation is 2. The number of ketones is 1. The summed E-state index contributed by atoms with van der Waals surface area (Å²) < 4.78 is 5.88. The molecule has 2 heterocycles. The predicted molar refractivity (Wildman–Crippen MR) is 139 cm³/mol. The number of nitrogens with one attached hydrogen (secondary N) is 2. The Morgan fingerprint density at radius 1 is 0.857 bits per heavy atom. The second-order valence-electron chi connectivity index (χ2n) is 9.60. The lowest BCUT2D eigenvalue weighted by molar-refractivity contribution is -0.116. The maximum absolute atomic E-state index is 13.7. The van der Waals surface area contributed by atoms with Gasteiger partial charge in [0.15, 0.2) is 11.2 Å². The monoisotopic (exact) mass is 462 g/mol. The molecule has 3 aromatic carbocycles. The van der Waals surface area contributed by atoms with Crippen LogP contribution in [-0.2, 0) is 4.79 Å². The molecule has 2 aliphatic rings. The Hall–Kier alpha value is -4.12. The summed E-state index contributed by atoms with van der Waals surface area (Å²) in [6.45, 7) is 4.01. The van der Waals surface area contributed by atoms with Crippen LogP contribution in [0.3, 0.4) is 0 Å². The first kappa shape index (κ1) is 21.4. The lowest BCUT2D eigenvalue weighted by atomic mass is 9.78. The largest absolute Gasteiger partial charge is 0.464 e. The number of rotatable bonds is 2. The Labute approximate surface area is 203 Å². The number of allylic oxidation sites excluding steroid dienone is 1. The Morgan fingerprint density at radius 2 is 1.60 bits per heavy atom. The van der Waals surface area contributed by atoms with Crippen molar-refractivity contribution in [3.8, 4) is 0 Å². The molecular weight excluding hydrogens is 436 g/mol. The molecule has 174 valence electrons. The number of hydrogen-bond donors (Lipinski definition) is 2. The minimum atomic E-state index is -0.603. The van der Waals surface area contributed by atoms with Crippen molar-refractivity contribution in [3.63, 3.8) is 0 Å². The van der Waals surface area contributed by atoms with E-state index in [1.807, 2.05) is 49.4 Å². The second kappa shape index (κ2) is 8.27. The number of fused-ring (bicyclic) bond motifs is 2. The Morgan fingerprint density at radius 3 is 2.40 bits per heavy atom. The van der Waals surface area contributed by atoms with E-state index in [9.17, 15) is 9.59 Å². The molecule has 1 aliphatic heterocycles. The third-order valence-electron chi connectivity index (χ3n) is 7.12. The van der Waals surface area contributed by atoms with Crippen LogP contribution >= 0.6 is 0 Å². The minimum absolute atomic E-state index is 0.0402. The summed E-state index contributed by atoms with van der Waals surface area (Å²) in [5, 5.41) is 7.54. The molecule has 0 unspecified atom stereocenters. The van der Waals surface area contributed by atoms with Gasteiger partial charge in [-0.05, 0) is 56.0 Å². The van der Waals surface area contributed by atoms with E-state index in [-0.39, 0.29) is 17.1 Å². The van der Waals surface area contributed by atoms with Crippen LogP contribution in [0.15, 0.2) is 93.5 Å². The molecule has 0 fully saturated rings. The van der Waals surface area contributed by atoms with E-state index in [4.69, 9.17) is 4.42 Å². The van der Waals surface area contributed by atoms with Gasteiger partial charge in [0.05, 0.1) is 28.4 Å². The fraction of sp³-hybridized carbons (Fsp3) is 0.200. The molecule has 1 aliphatic carbocycles. The van der Waals surface area contributed by atoms with Gasteiger partial charge in [0.25, 0.3) is 0 Å². The summed E-state index contributed by atoms with van der Waals surface area (Å²) in [6.07, 6.45) is 2.60. The molecular formula is C30H26N2O3. The second-order valence-corrected chi connectivity index (χ2v) is 9.60. The molecule has 0 saturated heterocycles. The predicted octanol–water partition coefficient (Wildman–Crippen LogP) is 6.39. The number of carbonyl (C=O) groups excluding carboxylic acids is 1. The highest BCUT2D eigenvalue weighted by Crippen LogP contribution is 2.43. The molecule has 6 rings (SSSR count). The van der Waals surface area contributed by atoms with Gasteiger partial charge in [-0.2, -0.15) is 0 Å². The molecule has 0 amide bonds. The van der Waals surface area contributed by atoms with Gasteiger partial charge in [0.2, 0.25) is 0 Å². The van der Waals surface area contributed by atoms with E-state index in [2.05, 4.69) is 41.8 Å². The smallest absolute Gasteiger partial charge is 0.198 e. The van der Waals surface area contributed by atoms with Crippen molar-refractivity contribution >= 4 is 28.1 Å². The maximum Gasteiger partial charge on any atom is 0.198 e. The van der Waals surface area contributed by atoms with Gasteiger partial charge in [0.1, 0.15) is 11.8 Å². The van der Waals surface area contributed by atoms with E-state index in [1.165, 1.54) is 11.8 Å². The van der Waals surface area contributed by atoms with Crippen molar-refractivity contribution < 1.29 is 9.21 Å². The first-order valence-electron chi connectivity index (χ1n) is 12.0. The third-order valence-corrected chi connectivity index (χ3v) is 7.12. The van der Waals surface area contributed by atoms with Crippen molar-refractivity contribution in [2.24, 2.45) is 0 Å². The molecule has 2 N–H and O–H groups in total. The first-order valence-corrected chi connectivity index (χ1v) is 12.0. The van der Waals surface area contributed by atoms with Gasteiger partial charge in [0, 0.05) is 17.7 Å². The Balaban J connectivity index is 1.51. The van der Waals surface area contributed by atoms with E-state index >= 15 is 0 Å². The van der Waals surface area contributed by atoms with Crippen LogP contribution in [0.5, 0.6) is 0 Å². The van der Waals surface area contributed by atoms with Crippen LogP contribution in [0, 0.1) is 13.8 Å². The van der Waals surface area contributed by atoms with E-state index in [0.717, 1.165) is 28.2 Å². The zero-order valence-corrected chi connectivity index (χ0v) is 19.7. The Kier molecular flexibility index (Phi) is 5.06. The lowest BCUT2D eigenvalue weighted by Gasteiger charge is -2.29. The molecule has 0 bridgehead atoms. The quantitative estimate of drug-likeness (QED) is 0.361. The SMILES string of the molecule is Cc1ccc([C@@H]2CC(=O)C3=C(C2)Nc2ccccc2N[C@H]3c2coc3ccc(C)cc3c2=O)cc1. The molecule has 5 nitrogen and oxygen atoms in total. The van der Waals surface area contributed by atoms with Crippen molar-refractivity contribution in [1.29, 1.82) is 0 Å². The van der Waals surface area contributed by atoms with Crippen molar-refractivity contribution in [1.82, 2.24) is 0 Å². The Bertz CT molecular complexity index is 1560. The van der Waals surface area contributed by atoms with Crippen LogP contribution in [-0.4, -0.2) is 5.78 Å². The average Bonchev–Trinajstić information content (AvgIpc) is 3.02. The van der Waals surface area contributed by atoms with Gasteiger partial charge < -0.3 is 15.1 Å². The van der Waals surface area contributed by atoms with Gasteiger partial charge in [-0.25, -0.2) is 0 Å². The van der Waals surface area contributed by atoms with Crippen molar-refractivity contribution in [3.05, 3.63) is 117 Å². The third kappa shape index (κ3) is 3.73. The van der Waals surface area contributed by atoms with Crippen molar-refractivity contribution in [2.75, 3.05) is 10.6 Å². The minimum Gasteiger partial charge on any atom is -0.464 e. The fourth-order valence-corrected chi connectivity index (χ4v) is 5.26. The van der Waals surface area contributed by atoms with E-state index in [0.29, 0.717) is 34.9 Å². The average molecular weight is 463 g/mol. The summed E-state index contributed by atoms with van der Waals surface area (Å²) in [4.78, 5) is 27.4. The summed E-state index contributed by atoms with van der Waals surface area (Å²) in [6, 6.07) is 21.2. The zero-order chi connectivity index (χ0) is 24.1. The molecule has 5 heteroatoms. The summed E-state index contributed by atoms with van der Waals surface area (Å²) in [7, 11) is 0. The van der Waals surface area contributed by atoms with Crippen LogP contribution < -0.4 is 16.1 Å². The molecule has 4 aromatic rings. The van der Waals surface area contributed by atoms with Gasteiger partial charge in [-0.15, -0.1) is 0 Å².